The first kappa shape index (κ1) is 11.6. The number of hydrogen-bond acceptors (Lipinski definition) is 3. The normalized spacial score (nSPS) is 25.3. The van der Waals surface area contributed by atoms with Crippen LogP contribution in [0.2, 0.25) is 0 Å². The number of hydrogen-bond donors (Lipinski definition) is 1. The van der Waals surface area contributed by atoms with Gasteiger partial charge in [-0.25, -0.2) is 0 Å². The molecule has 88 valence electrons. The van der Waals surface area contributed by atoms with Crippen LogP contribution in [0.4, 0.5) is 0 Å². The van der Waals surface area contributed by atoms with Crippen molar-refractivity contribution < 1.29 is 9.32 Å². The van der Waals surface area contributed by atoms with E-state index in [-0.39, 0.29) is 11.9 Å². The molecule has 0 aliphatic heterocycles. The number of amides is 1. The van der Waals surface area contributed by atoms with E-state index in [1.807, 2.05) is 0 Å². The van der Waals surface area contributed by atoms with Crippen molar-refractivity contribution in [2.75, 3.05) is 5.33 Å². The van der Waals surface area contributed by atoms with Crippen LogP contribution in [0.1, 0.15) is 36.2 Å². The van der Waals surface area contributed by atoms with Crippen molar-refractivity contribution in [2.45, 2.75) is 31.7 Å². The summed E-state index contributed by atoms with van der Waals surface area (Å²) in [6, 6.07) is 1.85. The lowest BCUT2D eigenvalue weighted by molar-refractivity contribution is 0.0902. The highest BCUT2D eigenvalue weighted by Gasteiger charge is 2.26. The van der Waals surface area contributed by atoms with Crippen LogP contribution in [-0.4, -0.2) is 22.4 Å². The van der Waals surface area contributed by atoms with Crippen molar-refractivity contribution in [3.63, 3.8) is 0 Å². The first-order valence-electron chi connectivity index (χ1n) is 5.58. The number of carbonyl (C=O) groups excluding carboxylic acids is 1. The lowest BCUT2D eigenvalue weighted by atomic mass is 9.86. The number of rotatable bonds is 3. The number of alkyl halides is 1. The highest BCUT2D eigenvalue weighted by molar-refractivity contribution is 9.09. The topological polar surface area (TPSA) is 55.1 Å². The molecule has 2 unspecified atom stereocenters. The molecule has 0 saturated heterocycles. The van der Waals surface area contributed by atoms with Crippen LogP contribution in [0.25, 0.3) is 0 Å². The highest BCUT2D eigenvalue weighted by Crippen LogP contribution is 2.26. The van der Waals surface area contributed by atoms with Gasteiger partial charge in [-0.15, -0.1) is 0 Å². The molecule has 5 heteroatoms. The smallest absolute Gasteiger partial charge is 0.273 e. The number of nitrogens with zero attached hydrogens (tertiary/aromatic N) is 1. The van der Waals surface area contributed by atoms with Gasteiger partial charge in [-0.3, -0.25) is 4.79 Å². The Balaban J connectivity index is 1.95. The molecule has 1 aliphatic carbocycles. The third kappa shape index (κ3) is 2.64. The van der Waals surface area contributed by atoms with Gasteiger partial charge in [0.1, 0.15) is 6.26 Å². The van der Waals surface area contributed by atoms with Gasteiger partial charge >= 0.3 is 0 Å². The summed E-state index contributed by atoms with van der Waals surface area (Å²) in [6.07, 6.45) is 6.09. The zero-order valence-electron chi connectivity index (χ0n) is 8.99. The molecular formula is C11H15BrN2O2. The Labute approximate surface area is 103 Å². The van der Waals surface area contributed by atoms with Crippen molar-refractivity contribution in [3.8, 4) is 0 Å². The van der Waals surface area contributed by atoms with Gasteiger partial charge in [0.25, 0.3) is 5.91 Å². The lowest BCUT2D eigenvalue weighted by Gasteiger charge is -2.30. The minimum absolute atomic E-state index is 0.133. The molecule has 1 fully saturated rings. The van der Waals surface area contributed by atoms with E-state index in [2.05, 4.69) is 30.9 Å². The van der Waals surface area contributed by atoms with Crippen LogP contribution in [0.15, 0.2) is 16.9 Å². The lowest BCUT2D eigenvalue weighted by Crippen LogP contribution is -2.42. The van der Waals surface area contributed by atoms with Crippen LogP contribution >= 0.6 is 15.9 Å². The summed E-state index contributed by atoms with van der Waals surface area (Å²) in [7, 11) is 0. The maximum Gasteiger partial charge on any atom is 0.273 e. The van der Waals surface area contributed by atoms with Gasteiger partial charge in [-0.05, 0) is 18.8 Å². The van der Waals surface area contributed by atoms with E-state index in [0.717, 1.165) is 11.8 Å². The minimum Gasteiger partial charge on any atom is -0.364 e. The summed E-state index contributed by atoms with van der Waals surface area (Å²) < 4.78 is 4.66. The van der Waals surface area contributed by atoms with Gasteiger partial charge in [0.2, 0.25) is 0 Å². The van der Waals surface area contributed by atoms with Crippen LogP contribution in [0.5, 0.6) is 0 Å². The Hall–Kier alpha value is -0.840. The van der Waals surface area contributed by atoms with Crippen molar-refractivity contribution in [1.82, 2.24) is 10.5 Å². The van der Waals surface area contributed by atoms with E-state index in [1.54, 1.807) is 6.07 Å². The molecule has 0 bridgehead atoms. The van der Waals surface area contributed by atoms with Gasteiger partial charge in [0.15, 0.2) is 5.69 Å². The van der Waals surface area contributed by atoms with Gasteiger partial charge in [0, 0.05) is 17.4 Å². The van der Waals surface area contributed by atoms with Crippen LogP contribution < -0.4 is 5.32 Å². The van der Waals surface area contributed by atoms with Gasteiger partial charge in [0.05, 0.1) is 0 Å². The van der Waals surface area contributed by atoms with E-state index >= 15 is 0 Å². The van der Waals surface area contributed by atoms with E-state index in [1.165, 1.54) is 25.5 Å². The molecule has 0 aromatic carbocycles. The first-order chi connectivity index (χ1) is 7.81. The summed E-state index contributed by atoms with van der Waals surface area (Å²) in [6.45, 7) is 0. The van der Waals surface area contributed by atoms with Crippen molar-refractivity contribution in [1.29, 1.82) is 0 Å². The Morgan fingerprint density at radius 1 is 1.56 bits per heavy atom. The minimum atomic E-state index is -0.133. The third-order valence-corrected chi connectivity index (χ3v) is 3.93. The number of carbonyl (C=O) groups is 1. The Bertz CT molecular complexity index is 340. The molecule has 0 radical (unpaired) electrons. The fraction of sp³-hybridized carbons (Fsp3) is 0.636. The zero-order chi connectivity index (χ0) is 11.4. The molecule has 2 atom stereocenters. The van der Waals surface area contributed by atoms with E-state index in [0.29, 0.717) is 11.6 Å². The molecule has 1 aromatic heterocycles. The maximum absolute atomic E-state index is 11.8. The Morgan fingerprint density at radius 3 is 3.06 bits per heavy atom. The van der Waals surface area contributed by atoms with Crippen molar-refractivity contribution >= 4 is 21.8 Å². The maximum atomic E-state index is 11.8. The second-order valence-electron chi connectivity index (χ2n) is 4.16. The van der Waals surface area contributed by atoms with E-state index in [4.69, 9.17) is 0 Å². The third-order valence-electron chi connectivity index (χ3n) is 3.09. The summed E-state index contributed by atoms with van der Waals surface area (Å²) in [5, 5.41) is 7.61. The van der Waals surface area contributed by atoms with E-state index in [9.17, 15) is 4.79 Å². The van der Waals surface area contributed by atoms with Crippen LogP contribution in [-0.2, 0) is 0 Å². The standard InChI is InChI=1S/C11H15BrN2O2/c12-7-8-3-1-2-4-9(8)13-11(15)10-5-6-16-14-10/h5-6,8-9H,1-4,7H2,(H,13,15). The summed E-state index contributed by atoms with van der Waals surface area (Å²) >= 11 is 3.50. The Morgan fingerprint density at radius 2 is 2.38 bits per heavy atom. The fourth-order valence-corrected chi connectivity index (χ4v) is 2.93. The zero-order valence-corrected chi connectivity index (χ0v) is 10.6. The monoisotopic (exact) mass is 286 g/mol. The SMILES string of the molecule is O=C(NC1CCCCC1CBr)c1ccon1. The molecular weight excluding hydrogens is 272 g/mol. The van der Waals surface area contributed by atoms with Gasteiger partial charge < -0.3 is 9.84 Å². The molecule has 1 heterocycles. The molecule has 1 N–H and O–H groups in total. The fourth-order valence-electron chi connectivity index (χ4n) is 2.15. The predicted molar refractivity (Wildman–Crippen MR) is 63.5 cm³/mol. The Kier molecular flexibility index (Phi) is 3.98. The molecule has 2 rings (SSSR count). The summed E-state index contributed by atoms with van der Waals surface area (Å²) in [5.74, 6) is 0.399. The number of aromatic nitrogens is 1. The number of halogens is 1. The molecule has 1 saturated carbocycles. The predicted octanol–water partition coefficient (Wildman–Crippen LogP) is 2.36. The number of nitrogens with one attached hydrogen (secondary N) is 1. The highest BCUT2D eigenvalue weighted by atomic mass is 79.9. The van der Waals surface area contributed by atoms with Gasteiger partial charge in [-0.2, -0.15) is 0 Å². The average Bonchev–Trinajstić information content (AvgIpc) is 2.83. The molecule has 1 aromatic rings. The second kappa shape index (κ2) is 5.48. The van der Waals surface area contributed by atoms with Crippen LogP contribution in [0, 0.1) is 5.92 Å². The molecule has 0 spiro atoms. The molecule has 1 aliphatic rings. The average molecular weight is 287 g/mol. The molecule has 1 amide bonds. The molecule has 16 heavy (non-hydrogen) atoms. The van der Waals surface area contributed by atoms with Crippen molar-refractivity contribution in [2.24, 2.45) is 5.92 Å². The largest absolute Gasteiger partial charge is 0.364 e. The molecule has 4 nitrogen and oxygen atoms in total. The van der Waals surface area contributed by atoms with Crippen molar-refractivity contribution in [3.05, 3.63) is 18.0 Å². The second-order valence-corrected chi connectivity index (χ2v) is 4.81. The summed E-state index contributed by atoms with van der Waals surface area (Å²) in [4.78, 5) is 11.8. The quantitative estimate of drug-likeness (QED) is 0.868. The van der Waals surface area contributed by atoms with E-state index < -0.39 is 0 Å². The van der Waals surface area contributed by atoms with Crippen LogP contribution in [0.3, 0.4) is 0 Å². The van der Waals surface area contributed by atoms with Gasteiger partial charge in [-0.1, -0.05) is 33.9 Å². The first-order valence-corrected chi connectivity index (χ1v) is 6.70. The summed E-state index contributed by atoms with van der Waals surface area (Å²) in [5.41, 5.74) is 0.360.